The van der Waals surface area contributed by atoms with Crippen molar-refractivity contribution < 1.29 is 9.18 Å². The van der Waals surface area contributed by atoms with E-state index in [2.05, 4.69) is 15.5 Å². The molecule has 0 fully saturated rings. The summed E-state index contributed by atoms with van der Waals surface area (Å²) < 4.78 is 15.2. The summed E-state index contributed by atoms with van der Waals surface area (Å²) in [6, 6.07) is 14.4. The Kier molecular flexibility index (Phi) is 6.30. The number of halogens is 1. The van der Waals surface area contributed by atoms with E-state index in [-0.39, 0.29) is 17.4 Å². The Bertz CT molecular complexity index is 1020. The summed E-state index contributed by atoms with van der Waals surface area (Å²) in [5.74, 6) is -0.668. The molecular weight excluding hydrogens is 379 g/mol. The molecule has 146 valence electrons. The molecule has 0 aliphatic heterocycles. The number of aromatic nitrogens is 3. The zero-order valence-electron chi connectivity index (χ0n) is 15.6. The third kappa shape index (κ3) is 4.89. The van der Waals surface area contributed by atoms with E-state index in [1.165, 1.54) is 22.4 Å². The highest BCUT2D eigenvalue weighted by Crippen LogP contribution is 2.22. The molecule has 28 heavy (non-hydrogen) atoms. The van der Waals surface area contributed by atoms with Crippen LogP contribution in [0.3, 0.4) is 0 Å². The molecule has 0 bridgehead atoms. The van der Waals surface area contributed by atoms with Gasteiger partial charge in [-0.1, -0.05) is 48.2 Å². The second-order valence-electron chi connectivity index (χ2n) is 6.41. The molecule has 2 aromatic carbocycles. The van der Waals surface area contributed by atoms with E-state index in [0.29, 0.717) is 29.4 Å². The standard InChI is InChI=1S/C20H21FN4O2S/c1-13-8-9-16(12-17(13)21)22-18(26)14(2)28-20-24-23-19(27)25(20)11-10-15-6-4-3-5-7-15/h3-9,12,14H,10-11H2,1-2H3,(H,22,26)(H,23,27)/t14-/m1/s1. The van der Waals surface area contributed by atoms with Gasteiger partial charge < -0.3 is 5.32 Å². The van der Waals surface area contributed by atoms with Gasteiger partial charge in [-0.15, -0.1) is 5.10 Å². The maximum absolute atomic E-state index is 13.6. The van der Waals surface area contributed by atoms with E-state index < -0.39 is 5.25 Å². The summed E-state index contributed by atoms with van der Waals surface area (Å²) in [5.41, 5.74) is 1.70. The minimum Gasteiger partial charge on any atom is -0.325 e. The van der Waals surface area contributed by atoms with Crippen molar-refractivity contribution in [3.63, 3.8) is 0 Å². The number of aryl methyl sites for hydroxylation is 2. The van der Waals surface area contributed by atoms with Crippen LogP contribution < -0.4 is 11.0 Å². The summed E-state index contributed by atoms with van der Waals surface area (Å²) in [4.78, 5) is 24.5. The van der Waals surface area contributed by atoms with Crippen molar-refractivity contribution in [1.29, 1.82) is 0 Å². The van der Waals surface area contributed by atoms with Crippen LogP contribution in [0, 0.1) is 12.7 Å². The lowest BCUT2D eigenvalue weighted by molar-refractivity contribution is -0.115. The molecule has 1 aromatic heterocycles. The predicted molar refractivity (Wildman–Crippen MR) is 108 cm³/mol. The highest BCUT2D eigenvalue weighted by atomic mass is 32.2. The number of H-pyrrole nitrogens is 1. The summed E-state index contributed by atoms with van der Waals surface area (Å²) in [6.07, 6.45) is 0.678. The first-order valence-electron chi connectivity index (χ1n) is 8.87. The Morgan fingerprint density at radius 2 is 2.04 bits per heavy atom. The lowest BCUT2D eigenvalue weighted by Crippen LogP contribution is -2.24. The number of thioether (sulfide) groups is 1. The molecule has 0 radical (unpaired) electrons. The SMILES string of the molecule is Cc1ccc(NC(=O)[C@@H](C)Sc2n[nH]c(=O)n2CCc2ccccc2)cc1F. The van der Waals surface area contributed by atoms with Gasteiger partial charge in [-0.3, -0.25) is 9.36 Å². The quantitative estimate of drug-likeness (QED) is 0.596. The van der Waals surface area contributed by atoms with Crippen LogP contribution in [0.2, 0.25) is 0 Å². The first-order valence-corrected chi connectivity index (χ1v) is 9.75. The van der Waals surface area contributed by atoms with Gasteiger partial charge in [0, 0.05) is 12.2 Å². The normalized spacial score (nSPS) is 12.0. The van der Waals surface area contributed by atoms with Gasteiger partial charge in [0.25, 0.3) is 0 Å². The van der Waals surface area contributed by atoms with Crippen molar-refractivity contribution >= 4 is 23.4 Å². The van der Waals surface area contributed by atoms with Crippen LogP contribution in [0.1, 0.15) is 18.1 Å². The summed E-state index contributed by atoms with van der Waals surface area (Å²) in [5, 5.41) is 9.08. The molecule has 0 unspecified atom stereocenters. The lowest BCUT2D eigenvalue weighted by Gasteiger charge is -2.12. The third-order valence-electron chi connectivity index (χ3n) is 4.28. The van der Waals surface area contributed by atoms with Crippen LogP contribution in [-0.4, -0.2) is 25.9 Å². The number of carbonyl (C=O) groups is 1. The number of nitrogens with one attached hydrogen (secondary N) is 2. The molecule has 6 nitrogen and oxygen atoms in total. The number of hydrogen-bond donors (Lipinski definition) is 2. The molecule has 3 aromatic rings. The molecule has 0 aliphatic carbocycles. The molecule has 0 saturated carbocycles. The van der Waals surface area contributed by atoms with Gasteiger partial charge in [0.1, 0.15) is 5.82 Å². The minimum absolute atomic E-state index is 0.293. The van der Waals surface area contributed by atoms with Crippen LogP contribution in [0.4, 0.5) is 10.1 Å². The first kappa shape index (κ1) is 19.9. The van der Waals surface area contributed by atoms with Crippen molar-refractivity contribution in [3.05, 3.63) is 76.0 Å². The zero-order chi connectivity index (χ0) is 20.1. The van der Waals surface area contributed by atoms with Crippen molar-refractivity contribution in [1.82, 2.24) is 14.8 Å². The number of rotatable bonds is 7. The van der Waals surface area contributed by atoms with Crippen LogP contribution in [-0.2, 0) is 17.8 Å². The molecule has 8 heteroatoms. The van der Waals surface area contributed by atoms with E-state index in [9.17, 15) is 14.0 Å². The fraction of sp³-hybridized carbons (Fsp3) is 0.250. The summed E-state index contributed by atoms with van der Waals surface area (Å²) in [7, 11) is 0. The Hall–Kier alpha value is -2.87. The van der Waals surface area contributed by atoms with Crippen LogP contribution >= 0.6 is 11.8 Å². The topological polar surface area (TPSA) is 79.8 Å². The fourth-order valence-electron chi connectivity index (χ4n) is 2.60. The van der Waals surface area contributed by atoms with E-state index in [0.717, 1.165) is 5.56 Å². The number of nitrogens with zero attached hydrogens (tertiary/aromatic N) is 2. The molecule has 1 heterocycles. The largest absolute Gasteiger partial charge is 0.343 e. The maximum Gasteiger partial charge on any atom is 0.343 e. The van der Waals surface area contributed by atoms with Crippen LogP contribution in [0.15, 0.2) is 58.5 Å². The molecular formula is C20H21FN4O2S. The van der Waals surface area contributed by atoms with Gasteiger partial charge in [0.2, 0.25) is 5.91 Å². The molecule has 0 saturated heterocycles. The number of anilines is 1. The van der Waals surface area contributed by atoms with E-state index in [1.807, 2.05) is 30.3 Å². The van der Waals surface area contributed by atoms with Gasteiger partial charge >= 0.3 is 5.69 Å². The average Bonchev–Trinajstić information content (AvgIpc) is 3.03. The van der Waals surface area contributed by atoms with Gasteiger partial charge in [-0.05, 0) is 43.5 Å². The van der Waals surface area contributed by atoms with Crippen LogP contribution in [0.5, 0.6) is 0 Å². The van der Waals surface area contributed by atoms with E-state index >= 15 is 0 Å². The maximum atomic E-state index is 13.6. The highest BCUT2D eigenvalue weighted by Gasteiger charge is 2.19. The second-order valence-corrected chi connectivity index (χ2v) is 7.72. The zero-order valence-corrected chi connectivity index (χ0v) is 16.4. The van der Waals surface area contributed by atoms with Crippen LogP contribution in [0.25, 0.3) is 0 Å². The monoisotopic (exact) mass is 400 g/mol. The smallest absolute Gasteiger partial charge is 0.325 e. The average molecular weight is 400 g/mol. The van der Waals surface area contributed by atoms with Crippen molar-refractivity contribution in [2.45, 2.75) is 37.2 Å². The number of hydrogen-bond acceptors (Lipinski definition) is 4. The number of benzene rings is 2. The van der Waals surface area contributed by atoms with Gasteiger partial charge in [0.15, 0.2) is 5.16 Å². The Balaban J connectivity index is 1.65. The number of carbonyl (C=O) groups excluding carboxylic acids is 1. The van der Waals surface area contributed by atoms with E-state index in [4.69, 9.17) is 0 Å². The first-order chi connectivity index (χ1) is 13.4. The highest BCUT2D eigenvalue weighted by molar-refractivity contribution is 8.00. The summed E-state index contributed by atoms with van der Waals surface area (Å²) >= 11 is 1.18. The lowest BCUT2D eigenvalue weighted by atomic mass is 10.1. The molecule has 0 spiro atoms. The van der Waals surface area contributed by atoms with Gasteiger partial charge in [-0.25, -0.2) is 14.3 Å². The third-order valence-corrected chi connectivity index (χ3v) is 5.37. The molecule has 3 rings (SSSR count). The van der Waals surface area contributed by atoms with Crippen molar-refractivity contribution in [2.75, 3.05) is 5.32 Å². The minimum atomic E-state index is -0.518. The fourth-order valence-corrected chi connectivity index (χ4v) is 3.48. The Labute approximate surface area is 166 Å². The molecule has 1 atom stereocenters. The predicted octanol–water partition coefficient (Wildman–Crippen LogP) is 3.38. The van der Waals surface area contributed by atoms with Crippen molar-refractivity contribution in [2.24, 2.45) is 0 Å². The number of amides is 1. The van der Waals surface area contributed by atoms with Gasteiger partial charge in [-0.2, -0.15) is 0 Å². The van der Waals surface area contributed by atoms with E-state index in [1.54, 1.807) is 26.0 Å². The molecule has 1 amide bonds. The number of aromatic amines is 1. The Morgan fingerprint density at radius 3 is 2.75 bits per heavy atom. The molecule has 0 aliphatic rings. The Morgan fingerprint density at radius 1 is 1.29 bits per heavy atom. The molecule has 2 N–H and O–H groups in total. The van der Waals surface area contributed by atoms with Crippen molar-refractivity contribution in [3.8, 4) is 0 Å². The second kappa shape index (κ2) is 8.88. The summed E-state index contributed by atoms with van der Waals surface area (Å²) in [6.45, 7) is 3.83. The van der Waals surface area contributed by atoms with Gasteiger partial charge in [0.05, 0.1) is 5.25 Å².